The fraction of sp³-hybridized carbons (Fsp3) is 0.571. The Morgan fingerprint density at radius 1 is 0.955 bits per heavy atom. The molecule has 0 aliphatic carbocycles. The molecule has 0 spiro atoms. The fourth-order valence-corrected chi connectivity index (χ4v) is 1.61. The molecule has 0 heterocycles. The quantitative estimate of drug-likeness (QED) is 0.154. The summed E-state index contributed by atoms with van der Waals surface area (Å²) in [5.41, 5.74) is 0. The molecule has 125 valence electrons. The van der Waals surface area contributed by atoms with Crippen LogP contribution in [0.3, 0.4) is 0 Å². The van der Waals surface area contributed by atoms with Crippen LogP contribution >= 0.6 is 0 Å². The molecule has 0 bridgehead atoms. The molecule has 0 aromatic heterocycles. The van der Waals surface area contributed by atoms with E-state index >= 15 is 0 Å². The first-order valence-corrected chi connectivity index (χ1v) is 8.48. The first kappa shape index (κ1) is 26.9. The van der Waals surface area contributed by atoms with Gasteiger partial charge in [-0.05, 0) is 31.6 Å². The van der Waals surface area contributed by atoms with Gasteiger partial charge in [0.05, 0.1) is 0 Å². The molecule has 0 aliphatic rings. The third kappa shape index (κ3) is 32.1. The molecule has 22 heavy (non-hydrogen) atoms. The summed E-state index contributed by atoms with van der Waals surface area (Å²) in [6, 6.07) is 0. The molecule has 0 rings (SSSR count). The summed E-state index contributed by atoms with van der Waals surface area (Å²) < 4.78 is 0. The average Bonchev–Trinajstić information content (AvgIpc) is 2.46. The zero-order valence-electron chi connectivity index (χ0n) is 15.1. The van der Waals surface area contributed by atoms with Crippen LogP contribution in [-0.2, 0) is 32.7 Å². The van der Waals surface area contributed by atoms with E-state index in [-0.39, 0.29) is 32.7 Å². The zero-order chi connectivity index (χ0) is 16.2. The van der Waals surface area contributed by atoms with Gasteiger partial charge in [-0.2, -0.15) is 12.5 Å². The van der Waals surface area contributed by atoms with Gasteiger partial charge in [0.25, 0.3) is 0 Å². The van der Waals surface area contributed by atoms with Crippen molar-refractivity contribution in [3.8, 4) is 0 Å². The Morgan fingerprint density at radius 2 is 1.55 bits per heavy atom. The van der Waals surface area contributed by atoms with E-state index in [0.29, 0.717) is 0 Å². The van der Waals surface area contributed by atoms with Crippen molar-refractivity contribution < 1.29 is 32.7 Å². The molecule has 0 fully saturated rings. The van der Waals surface area contributed by atoms with Crippen LogP contribution in [0.4, 0.5) is 0 Å². The molecule has 0 saturated carbocycles. The second-order valence-corrected chi connectivity index (χ2v) is 5.57. The predicted octanol–water partition coefficient (Wildman–Crippen LogP) is 7.26. The van der Waals surface area contributed by atoms with Crippen LogP contribution in [0.15, 0.2) is 42.5 Å². The molecule has 0 aromatic rings. The van der Waals surface area contributed by atoms with Crippen molar-refractivity contribution in [1.82, 2.24) is 0 Å². The first-order valence-electron chi connectivity index (χ1n) is 8.48. The van der Waals surface area contributed by atoms with Gasteiger partial charge in [0.2, 0.25) is 0 Å². The second-order valence-electron chi connectivity index (χ2n) is 5.57. The average molecular weight is 377 g/mol. The predicted molar refractivity (Wildman–Crippen MR) is 99.1 cm³/mol. The molecule has 0 aromatic carbocycles. The van der Waals surface area contributed by atoms with E-state index in [1.807, 2.05) is 12.2 Å². The van der Waals surface area contributed by atoms with Crippen molar-refractivity contribution in [2.24, 2.45) is 5.92 Å². The van der Waals surface area contributed by atoms with Gasteiger partial charge in [-0.15, -0.1) is 0 Å². The zero-order valence-corrected chi connectivity index (χ0v) is 18.0. The Labute approximate surface area is 166 Å². The molecular formula is C21H36Y-2. The summed E-state index contributed by atoms with van der Waals surface area (Å²) in [7, 11) is 0. The van der Waals surface area contributed by atoms with Crippen molar-refractivity contribution >= 4 is 0 Å². The van der Waals surface area contributed by atoms with Crippen molar-refractivity contribution in [3.05, 3.63) is 56.0 Å². The monoisotopic (exact) mass is 377 g/mol. The smallest absolute Gasteiger partial charge is 0 e. The maximum atomic E-state index is 5.21. The molecule has 0 atom stereocenters. The van der Waals surface area contributed by atoms with Crippen molar-refractivity contribution in [3.63, 3.8) is 0 Å². The van der Waals surface area contributed by atoms with Crippen molar-refractivity contribution in [1.29, 1.82) is 0 Å². The maximum absolute atomic E-state index is 5.21. The van der Waals surface area contributed by atoms with E-state index in [1.54, 1.807) is 6.08 Å². The number of hydrogen-bond donors (Lipinski definition) is 0. The Bertz CT molecular complexity index is 270. The van der Waals surface area contributed by atoms with Gasteiger partial charge in [0.1, 0.15) is 0 Å². The third-order valence-corrected chi connectivity index (χ3v) is 2.88. The second kappa shape index (κ2) is 26.0. The van der Waals surface area contributed by atoms with Crippen LogP contribution in [0.2, 0.25) is 0 Å². The van der Waals surface area contributed by atoms with E-state index in [9.17, 15) is 0 Å². The minimum absolute atomic E-state index is 0. The van der Waals surface area contributed by atoms with Crippen LogP contribution in [0.5, 0.6) is 0 Å². The number of allylic oxidation sites excluding steroid dienone is 7. The Balaban J connectivity index is -0.000000520. The van der Waals surface area contributed by atoms with Crippen LogP contribution in [0.25, 0.3) is 0 Å². The van der Waals surface area contributed by atoms with E-state index in [1.165, 1.54) is 32.1 Å². The fourth-order valence-electron chi connectivity index (χ4n) is 1.61. The van der Waals surface area contributed by atoms with Crippen LogP contribution < -0.4 is 0 Å². The molecule has 0 amide bonds. The third-order valence-electron chi connectivity index (χ3n) is 2.88. The minimum atomic E-state index is 0. The number of unbranched alkanes of at least 4 members (excludes halogenated alkanes) is 3. The van der Waals surface area contributed by atoms with Crippen molar-refractivity contribution in [2.75, 3.05) is 0 Å². The molecular weight excluding hydrogens is 341 g/mol. The largest absolute Gasteiger partial charge is 0.343 e. The number of hydrogen-bond acceptors (Lipinski definition) is 0. The standard InChI is InChI=1S/C16H25.C5H11.Y/c1-4-5-6-7-8-9-10-11-12-13-14-15-16(2)3;1-3-5-4-2;/h1,4-6,8-9,11-12,16H,7,10,13-15H2,2-3H3;1,3-5H2,2H3;/q2*-1;/b6-5-,9-8-,12-11-;;. The van der Waals surface area contributed by atoms with Crippen LogP contribution in [-0.4, -0.2) is 0 Å². The Hall–Kier alpha value is 0.0639. The first-order chi connectivity index (χ1) is 10.2. The van der Waals surface area contributed by atoms with Gasteiger partial charge in [0.15, 0.2) is 0 Å². The molecule has 0 saturated heterocycles. The van der Waals surface area contributed by atoms with E-state index in [0.717, 1.165) is 25.2 Å². The summed E-state index contributed by atoms with van der Waals surface area (Å²) >= 11 is 0. The summed E-state index contributed by atoms with van der Waals surface area (Å²) in [5.74, 6) is 0.833. The van der Waals surface area contributed by atoms with Gasteiger partial charge in [-0.1, -0.05) is 64.3 Å². The topological polar surface area (TPSA) is 0 Å². The van der Waals surface area contributed by atoms with Gasteiger partial charge in [-0.3, -0.25) is 6.58 Å². The molecule has 0 N–H and O–H groups in total. The summed E-state index contributed by atoms with van der Waals surface area (Å²) in [6.07, 6.45) is 23.9. The Kier molecular flexibility index (Phi) is 31.8. The summed E-state index contributed by atoms with van der Waals surface area (Å²) in [5, 5.41) is 0. The van der Waals surface area contributed by atoms with Gasteiger partial charge in [0, 0.05) is 32.7 Å². The Morgan fingerprint density at radius 3 is 2.00 bits per heavy atom. The van der Waals surface area contributed by atoms with Gasteiger partial charge >= 0.3 is 0 Å². The summed E-state index contributed by atoms with van der Waals surface area (Å²) in [4.78, 5) is 0. The summed E-state index contributed by atoms with van der Waals surface area (Å²) in [6.45, 7) is 15.6. The molecule has 0 aliphatic heterocycles. The van der Waals surface area contributed by atoms with E-state index in [2.05, 4.69) is 52.0 Å². The van der Waals surface area contributed by atoms with E-state index < -0.39 is 0 Å². The van der Waals surface area contributed by atoms with Crippen LogP contribution in [0, 0.1) is 19.4 Å². The van der Waals surface area contributed by atoms with Crippen molar-refractivity contribution in [2.45, 2.75) is 72.1 Å². The van der Waals surface area contributed by atoms with E-state index in [4.69, 9.17) is 6.58 Å². The van der Waals surface area contributed by atoms with Gasteiger partial charge < -0.3 is 6.92 Å². The van der Waals surface area contributed by atoms with Gasteiger partial charge in [-0.25, -0.2) is 12.2 Å². The van der Waals surface area contributed by atoms with Crippen LogP contribution in [0.1, 0.15) is 72.1 Å². The molecule has 0 nitrogen and oxygen atoms in total. The minimum Gasteiger partial charge on any atom is -0.343 e. The molecule has 1 heteroatoms. The SMILES string of the molecule is [CH-]=C/C=C\C/C=C\C/C=C\CCCC(C)C.[CH2-]CCCC.[Y]. The molecule has 1 radical (unpaired) electrons. The normalized spacial score (nSPS) is 11.0. The maximum Gasteiger partial charge on any atom is 0 e. The number of rotatable bonds is 11. The molecule has 0 unspecified atom stereocenters.